The van der Waals surface area contributed by atoms with Gasteiger partial charge in [0.05, 0.1) is 33.9 Å². The van der Waals surface area contributed by atoms with E-state index in [0.717, 1.165) is 6.42 Å². The van der Waals surface area contributed by atoms with Crippen LogP contribution in [0.1, 0.15) is 85.5 Å². The summed E-state index contributed by atoms with van der Waals surface area (Å²) in [4.78, 5) is 5.04. The molecule has 0 fully saturated rings. The lowest BCUT2D eigenvalue weighted by Gasteiger charge is -2.43. The Kier molecular flexibility index (Phi) is 8.80. The van der Waals surface area contributed by atoms with E-state index < -0.39 is 0 Å². The third kappa shape index (κ3) is 5.51. The number of rotatable bonds is 4. The first kappa shape index (κ1) is 41.3. The average molecular weight is 901 g/mol. The maximum absolute atomic E-state index is 2.59. The zero-order valence-corrected chi connectivity index (χ0v) is 40.6. The molecule has 2 aliphatic heterocycles. The quantitative estimate of drug-likeness (QED) is 0.162. The number of fused-ring (bicyclic) bond motifs is 14. The van der Waals surface area contributed by atoms with Crippen molar-refractivity contribution in [3.05, 3.63) is 262 Å². The first-order valence-corrected chi connectivity index (χ1v) is 25.4. The van der Waals surface area contributed by atoms with Gasteiger partial charge in [-0.25, -0.2) is 0 Å². The van der Waals surface area contributed by atoms with E-state index in [9.17, 15) is 0 Å². The number of para-hydroxylation sites is 4. The van der Waals surface area contributed by atoms with Gasteiger partial charge in [0.15, 0.2) is 0 Å². The molecule has 338 valence electrons. The van der Waals surface area contributed by atoms with Gasteiger partial charge in [0.2, 0.25) is 0 Å². The van der Waals surface area contributed by atoms with Crippen LogP contribution in [0.5, 0.6) is 0 Å². The molecule has 2 nitrogen and oxygen atoms in total. The highest BCUT2D eigenvalue weighted by molar-refractivity contribution is 6.04. The molecule has 0 bridgehead atoms. The zero-order chi connectivity index (χ0) is 47.1. The maximum Gasteiger partial charge on any atom is 0.0540 e. The Morgan fingerprint density at radius 1 is 0.486 bits per heavy atom. The topological polar surface area (TPSA) is 6.48 Å². The van der Waals surface area contributed by atoms with E-state index in [-0.39, 0.29) is 22.2 Å². The van der Waals surface area contributed by atoms with E-state index in [1.807, 2.05) is 0 Å². The second-order valence-corrected chi connectivity index (χ2v) is 21.6. The molecule has 8 aromatic carbocycles. The number of hydrogen-bond donors (Lipinski definition) is 0. The van der Waals surface area contributed by atoms with Gasteiger partial charge in [0.25, 0.3) is 0 Å². The summed E-state index contributed by atoms with van der Waals surface area (Å²) in [7, 11) is 0. The minimum Gasteiger partial charge on any atom is -0.310 e. The molecule has 0 saturated carbocycles. The fourth-order valence-electron chi connectivity index (χ4n) is 14.3. The van der Waals surface area contributed by atoms with Crippen molar-refractivity contribution in [3.8, 4) is 11.1 Å². The molecule has 0 amide bonds. The van der Waals surface area contributed by atoms with Gasteiger partial charge in [-0.1, -0.05) is 205 Å². The van der Waals surface area contributed by atoms with Crippen molar-refractivity contribution < 1.29 is 0 Å². The van der Waals surface area contributed by atoms with Crippen molar-refractivity contribution in [2.75, 3.05) is 9.80 Å². The van der Waals surface area contributed by atoms with Crippen molar-refractivity contribution in [3.63, 3.8) is 0 Å². The van der Waals surface area contributed by atoms with Gasteiger partial charge < -0.3 is 9.80 Å². The van der Waals surface area contributed by atoms with Crippen molar-refractivity contribution >= 4 is 57.0 Å². The van der Waals surface area contributed by atoms with Crippen LogP contribution in [0.15, 0.2) is 217 Å². The van der Waals surface area contributed by atoms with E-state index in [2.05, 4.69) is 263 Å². The van der Waals surface area contributed by atoms with Crippen molar-refractivity contribution in [1.82, 2.24) is 0 Å². The average Bonchev–Trinajstić information content (AvgIpc) is 3.85. The third-order valence-corrected chi connectivity index (χ3v) is 17.4. The summed E-state index contributed by atoms with van der Waals surface area (Å²) >= 11 is 0. The van der Waals surface area contributed by atoms with Crippen LogP contribution >= 0.6 is 0 Å². The molecule has 6 aliphatic rings. The molecule has 0 saturated heterocycles. The largest absolute Gasteiger partial charge is 0.310 e. The van der Waals surface area contributed by atoms with Gasteiger partial charge in [0, 0.05) is 33.7 Å². The lowest BCUT2D eigenvalue weighted by molar-refractivity contribution is 0.408. The van der Waals surface area contributed by atoms with Gasteiger partial charge in [-0.15, -0.1) is 0 Å². The Morgan fingerprint density at radius 3 is 1.69 bits per heavy atom. The second kappa shape index (κ2) is 14.9. The minimum atomic E-state index is -0.325. The van der Waals surface area contributed by atoms with E-state index in [1.54, 1.807) is 5.57 Å². The standard InChI is InChI=1S/C68H56N2/c1-43-19-16-24-52-48-21-6-7-25-53(48)68(65(43)52)58-41-44(36-39-49(58)50-40-38-46(42-59(50)68)69-61-30-12-8-26-54(61)66(2,3)55-27-9-13-31-62(55)69)35-37-45-20-17-23-51-47(45)22-18-34-60(51)70-63-32-14-10-28-56(63)67(4,5)57-29-11-15-33-64(57)70/h6-18,20-43,48,53H,19H2,1-5H3. The monoisotopic (exact) mass is 900 g/mol. The SMILES string of the molecule is CC1CC=CC2=C1C1(c3cc(C=Cc4cccc5c(N6c7ccccc7C(C)(C)c7ccccc76)cccc45)ccc3-c3ccc(N4c5ccccc5C(C)(C)c5ccccc54)cc31)C1C=CC=CC21. The second-order valence-electron chi connectivity index (χ2n) is 21.6. The summed E-state index contributed by atoms with van der Waals surface area (Å²) in [5.74, 6) is 0.975. The number of hydrogen-bond acceptors (Lipinski definition) is 2. The van der Waals surface area contributed by atoms with Crippen LogP contribution in [-0.4, -0.2) is 0 Å². The molecule has 2 heteroatoms. The van der Waals surface area contributed by atoms with Crippen LogP contribution in [0, 0.1) is 17.8 Å². The van der Waals surface area contributed by atoms with Crippen LogP contribution in [0.25, 0.3) is 34.1 Å². The van der Waals surface area contributed by atoms with Crippen molar-refractivity contribution in [1.29, 1.82) is 0 Å². The predicted molar refractivity (Wildman–Crippen MR) is 294 cm³/mol. The molecule has 0 N–H and O–H groups in total. The van der Waals surface area contributed by atoms with E-state index >= 15 is 0 Å². The molecule has 4 unspecified atom stereocenters. The predicted octanol–water partition coefficient (Wildman–Crippen LogP) is 17.8. The van der Waals surface area contributed by atoms with Gasteiger partial charge in [-0.2, -0.15) is 0 Å². The van der Waals surface area contributed by atoms with Crippen LogP contribution in [-0.2, 0) is 16.2 Å². The van der Waals surface area contributed by atoms with E-state index in [4.69, 9.17) is 0 Å². The Balaban J connectivity index is 0.922. The van der Waals surface area contributed by atoms with E-state index in [0.29, 0.717) is 11.8 Å². The molecule has 70 heavy (non-hydrogen) atoms. The molecule has 8 aromatic rings. The summed E-state index contributed by atoms with van der Waals surface area (Å²) in [6.07, 6.45) is 20.3. The molecule has 14 rings (SSSR count). The van der Waals surface area contributed by atoms with E-state index in [1.165, 1.54) is 106 Å². The Labute approximate surface area is 413 Å². The summed E-state index contributed by atoms with van der Waals surface area (Å²) in [5.41, 5.74) is 23.4. The van der Waals surface area contributed by atoms with Crippen molar-refractivity contribution in [2.45, 2.75) is 57.3 Å². The molecular weight excluding hydrogens is 845 g/mol. The zero-order valence-electron chi connectivity index (χ0n) is 40.6. The fourth-order valence-corrected chi connectivity index (χ4v) is 14.3. The number of benzene rings is 8. The first-order chi connectivity index (χ1) is 34.2. The minimum absolute atomic E-state index is 0.114. The highest BCUT2D eigenvalue weighted by Crippen LogP contribution is 2.68. The van der Waals surface area contributed by atoms with Crippen LogP contribution in [0.2, 0.25) is 0 Å². The molecule has 1 spiro atoms. The smallest absolute Gasteiger partial charge is 0.0540 e. The summed E-state index contributed by atoms with van der Waals surface area (Å²) in [6.45, 7) is 11.9. The first-order valence-electron chi connectivity index (χ1n) is 25.4. The van der Waals surface area contributed by atoms with Crippen LogP contribution < -0.4 is 9.80 Å². The van der Waals surface area contributed by atoms with Gasteiger partial charge in [0.1, 0.15) is 0 Å². The Hall–Kier alpha value is -7.68. The lowest BCUT2D eigenvalue weighted by Crippen LogP contribution is -2.37. The summed E-state index contributed by atoms with van der Waals surface area (Å²) in [6, 6.07) is 64.4. The Bertz CT molecular complexity index is 3600. The van der Waals surface area contributed by atoms with Gasteiger partial charge in [-0.3, -0.25) is 0 Å². The summed E-state index contributed by atoms with van der Waals surface area (Å²) in [5, 5.41) is 2.48. The molecule has 4 aliphatic carbocycles. The Morgan fingerprint density at radius 2 is 1.03 bits per heavy atom. The van der Waals surface area contributed by atoms with Gasteiger partial charge in [-0.05, 0) is 133 Å². The molecule has 0 radical (unpaired) electrons. The fraction of sp³-hybridized carbons (Fsp3) is 0.176. The summed E-state index contributed by atoms with van der Waals surface area (Å²) < 4.78 is 0. The number of nitrogens with zero attached hydrogens (tertiary/aromatic N) is 2. The van der Waals surface area contributed by atoms with Crippen LogP contribution in [0.3, 0.4) is 0 Å². The van der Waals surface area contributed by atoms with Gasteiger partial charge >= 0.3 is 0 Å². The number of allylic oxidation sites excluding steroid dienone is 8. The molecular formula is C68H56N2. The molecule has 2 heterocycles. The molecule has 4 atom stereocenters. The van der Waals surface area contributed by atoms with Crippen molar-refractivity contribution in [2.24, 2.45) is 17.8 Å². The highest BCUT2D eigenvalue weighted by Gasteiger charge is 2.59. The molecule has 0 aromatic heterocycles. The number of anilines is 6. The third-order valence-electron chi connectivity index (χ3n) is 17.4. The highest BCUT2D eigenvalue weighted by atomic mass is 15.2. The normalized spacial score (nSPS) is 22.4. The maximum atomic E-state index is 2.59. The lowest BCUT2D eigenvalue weighted by atomic mass is 9.62. The van der Waals surface area contributed by atoms with Crippen LogP contribution in [0.4, 0.5) is 34.1 Å².